The summed E-state index contributed by atoms with van der Waals surface area (Å²) in [5, 5.41) is 14.2. The van der Waals surface area contributed by atoms with Crippen molar-refractivity contribution in [3.05, 3.63) is 27.1 Å². The highest BCUT2D eigenvalue weighted by atomic mass is 35.5. The number of halogens is 1. The molecule has 1 rings (SSSR count). The normalized spacial score (nSPS) is 9.13. The molecule has 0 saturated heterocycles. The van der Waals surface area contributed by atoms with Crippen LogP contribution in [0.3, 0.4) is 0 Å². The van der Waals surface area contributed by atoms with Crippen LogP contribution in [0.5, 0.6) is 0 Å². The smallest absolute Gasteiger partial charge is 0.324 e. The van der Waals surface area contributed by atoms with E-state index in [0.717, 1.165) is 11.3 Å². The Balaban J connectivity index is 0.00000196. The number of nitrogens with zero attached hydrogens (tertiary/aromatic N) is 1. The van der Waals surface area contributed by atoms with Crippen LogP contribution in [-0.4, -0.2) is 23.9 Å². The number of hydrogen-bond donors (Lipinski definition) is 2. The summed E-state index contributed by atoms with van der Waals surface area (Å²) >= 11 is 0.928. The molecule has 0 spiro atoms. The monoisotopic (exact) mass is 251 g/mol. The third-order valence-electron chi connectivity index (χ3n) is 1.46. The molecule has 1 aromatic heterocycles. The van der Waals surface area contributed by atoms with Gasteiger partial charge in [-0.3, -0.25) is 14.9 Å². The maximum absolute atomic E-state index is 11.3. The lowest BCUT2D eigenvalue weighted by Crippen LogP contribution is -2.28. The molecule has 3 N–H and O–H groups in total. The molecular formula is C7H10ClN3O3S. The van der Waals surface area contributed by atoms with Crippen molar-refractivity contribution in [3.8, 4) is 0 Å². The fourth-order valence-electron chi connectivity index (χ4n) is 0.827. The highest BCUT2D eigenvalue weighted by Gasteiger charge is 2.13. The van der Waals surface area contributed by atoms with Crippen molar-refractivity contribution in [2.75, 3.05) is 13.1 Å². The zero-order valence-corrected chi connectivity index (χ0v) is 9.27. The summed E-state index contributed by atoms with van der Waals surface area (Å²) < 4.78 is 0. The van der Waals surface area contributed by atoms with Gasteiger partial charge in [-0.15, -0.1) is 12.4 Å². The number of thiophene rings is 1. The Morgan fingerprint density at radius 1 is 1.67 bits per heavy atom. The van der Waals surface area contributed by atoms with Gasteiger partial charge in [0.2, 0.25) is 0 Å². The first-order valence-corrected chi connectivity index (χ1v) is 4.74. The van der Waals surface area contributed by atoms with Crippen LogP contribution in [0.15, 0.2) is 11.4 Å². The molecule has 0 atom stereocenters. The minimum absolute atomic E-state index is 0. The van der Waals surface area contributed by atoms with Crippen LogP contribution in [0.25, 0.3) is 0 Å². The van der Waals surface area contributed by atoms with Gasteiger partial charge in [-0.05, 0) is 0 Å². The van der Waals surface area contributed by atoms with Crippen LogP contribution in [0, 0.1) is 10.1 Å². The molecule has 84 valence electrons. The molecule has 1 heterocycles. The van der Waals surface area contributed by atoms with E-state index in [1.807, 2.05) is 0 Å². The molecule has 0 aliphatic rings. The molecule has 15 heavy (non-hydrogen) atoms. The molecular weight excluding hydrogens is 242 g/mol. The summed E-state index contributed by atoms with van der Waals surface area (Å²) in [6.45, 7) is 0.709. The Labute approximate surface area is 96.0 Å². The van der Waals surface area contributed by atoms with Crippen molar-refractivity contribution in [1.82, 2.24) is 5.32 Å². The van der Waals surface area contributed by atoms with Gasteiger partial charge in [-0.1, -0.05) is 11.3 Å². The minimum atomic E-state index is -0.523. The van der Waals surface area contributed by atoms with Crippen LogP contribution in [-0.2, 0) is 0 Å². The maximum Gasteiger partial charge on any atom is 0.324 e. The molecule has 0 bridgehead atoms. The number of nitro groups is 1. The first-order valence-electron chi connectivity index (χ1n) is 3.86. The van der Waals surface area contributed by atoms with Gasteiger partial charge in [0, 0.05) is 24.5 Å². The number of carbonyl (C=O) groups is 1. The van der Waals surface area contributed by atoms with Crippen LogP contribution < -0.4 is 11.1 Å². The van der Waals surface area contributed by atoms with E-state index >= 15 is 0 Å². The Kier molecular flexibility index (Phi) is 5.83. The van der Waals surface area contributed by atoms with Crippen molar-refractivity contribution >= 4 is 34.7 Å². The second-order valence-corrected chi connectivity index (χ2v) is 3.36. The molecule has 0 unspecified atom stereocenters. The Hall–Kier alpha value is -1.18. The topological polar surface area (TPSA) is 98.3 Å². The van der Waals surface area contributed by atoms with Crippen molar-refractivity contribution in [1.29, 1.82) is 0 Å². The summed E-state index contributed by atoms with van der Waals surface area (Å²) in [7, 11) is 0. The molecule has 1 aromatic rings. The molecule has 0 radical (unpaired) electrons. The summed E-state index contributed by atoms with van der Waals surface area (Å²) in [5.41, 5.74) is 5.49. The first kappa shape index (κ1) is 13.8. The van der Waals surface area contributed by atoms with Gasteiger partial charge in [0.1, 0.15) is 0 Å². The number of hydrogen-bond acceptors (Lipinski definition) is 5. The highest BCUT2D eigenvalue weighted by molar-refractivity contribution is 7.13. The van der Waals surface area contributed by atoms with E-state index in [9.17, 15) is 14.9 Å². The van der Waals surface area contributed by atoms with E-state index in [0.29, 0.717) is 18.7 Å². The van der Waals surface area contributed by atoms with Gasteiger partial charge in [0.05, 0.1) is 10.5 Å². The van der Waals surface area contributed by atoms with Gasteiger partial charge in [-0.25, -0.2) is 0 Å². The van der Waals surface area contributed by atoms with Crippen molar-refractivity contribution < 1.29 is 9.72 Å². The van der Waals surface area contributed by atoms with Crippen LogP contribution in [0.1, 0.15) is 10.4 Å². The van der Waals surface area contributed by atoms with E-state index < -0.39 is 4.92 Å². The molecule has 0 fully saturated rings. The first-order chi connectivity index (χ1) is 6.65. The van der Waals surface area contributed by atoms with Gasteiger partial charge in [0.15, 0.2) is 0 Å². The molecule has 6 nitrogen and oxygen atoms in total. The van der Waals surface area contributed by atoms with E-state index in [-0.39, 0.29) is 23.3 Å². The van der Waals surface area contributed by atoms with E-state index in [2.05, 4.69) is 5.32 Å². The molecule has 0 aliphatic heterocycles. The van der Waals surface area contributed by atoms with Crippen molar-refractivity contribution in [3.63, 3.8) is 0 Å². The number of carbonyl (C=O) groups excluding carboxylic acids is 1. The SMILES string of the molecule is Cl.NCCNC(=O)c1csc([N+](=O)[O-])c1. The van der Waals surface area contributed by atoms with E-state index in [1.165, 1.54) is 11.4 Å². The third kappa shape index (κ3) is 3.82. The Morgan fingerprint density at radius 3 is 2.80 bits per heavy atom. The number of amides is 1. The predicted molar refractivity (Wildman–Crippen MR) is 59.6 cm³/mol. The molecule has 8 heteroatoms. The van der Waals surface area contributed by atoms with Crippen LogP contribution in [0.4, 0.5) is 5.00 Å². The standard InChI is InChI=1S/C7H9N3O3S.ClH/c8-1-2-9-7(11)5-3-6(10(12)13)14-4-5;/h3-4H,1-2,8H2,(H,9,11);1H. The highest BCUT2D eigenvalue weighted by Crippen LogP contribution is 2.22. The Bertz CT molecular complexity index is 355. The molecule has 0 aromatic carbocycles. The maximum atomic E-state index is 11.3. The zero-order chi connectivity index (χ0) is 10.6. The predicted octanol–water partition coefficient (Wildman–Crippen LogP) is 0.767. The second-order valence-electron chi connectivity index (χ2n) is 2.48. The fourth-order valence-corrected chi connectivity index (χ4v) is 1.53. The second kappa shape index (κ2) is 6.33. The van der Waals surface area contributed by atoms with Gasteiger partial charge < -0.3 is 11.1 Å². The quantitative estimate of drug-likeness (QED) is 0.610. The Morgan fingerprint density at radius 2 is 2.33 bits per heavy atom. The summed E-state index contributed by atoms with van der Waals surface area (Å²) in [4.78, 5) is 21.0. The minimum Gasteiger partial charge on any atom is -0.351 e. The van der Waals surface area contributed by atoms with Crippen LogP contribution >= 0.6 is 23.7 Å². The lowest BCUT2D eigenvalue weighted by molar-refractivity contribution is -0.380. The molecule has 0 saturated carbocycles. The third-order valence-corrected chi connectivity index (χ3v) is 2.34. The van der Waals surface area contributed by atoms with Gasteiger partial charge in [0.25, 0.3) is 5.91 Å². The lowest BCUT2D eigenvalue weighted by Gasteiger charge is -1.98. The van der Waals surface area contributed by atoms with E-state index in [4.69, 9.17) is 5.73 Å². The van der Waals surface area contributed by atoms with Crippen LogP contribution in [0.2, 0.25) is 0 Å². The summed E-state index contributed by atoms with van der Waals surface area (Å²) in [6, 6.07) is 1.25. The number of nitrogens with two attached hydrogens (primary N) is 1. The average Bonchev–Trinajstić information content (AvgIpc) is 2.62. The summed E-state index contributed by atoms with van der Waals surface area (Å²) in [6.07, 6.45) is 0. The largest absolute Gasteiger partial charge is 0.351 e. The number of rotatable bonds is 4. The fraction of sp³-hybridized carbons (Fsp3) is 0.286. The molecule has 1 amide bonds. The van der Waals surface area contributed by atoms with Gasteiger partial charge in [-0.2, -0.15) is 0 Å². The zero-order valence-electron chi connectivity index (χ0n) is 7.63. The average molecular weight is 252 g/mol. The molecule has 0 aliphatic carbocycles. The van der Waals surface area contributed by atoms with Crippen molar-refractivity contribution in [2.24, 2.45) is 5.73 Å². The lowest BCUT2D eigenvalue weighted by atomic mass is 10.3. The summed E-state index contributed by atoms with van der Waals surface area (Å²) in [5.74, 6) is -0.334. The van der Waals surface area contributed by atoms with Crippen molar-refractivity contribution in [2.45, 2.75) is 0 Å². The van der Waals surface area contributed by atoms with E-state index in [1.54, 1.807) is 0 Å². The van der Waals surface area contributed by atoms with Gasteiger partial charge >= 0.3 is 5.00 Å². The number of nitrogens with one attached hydrogen (secondary N) is 1.